The van der Waals surface area contributed by atoms with Crippen molar-refractivity contribution in [2.75, 3.05) is 13.7 Å². The molecule has 0 atom stereocenters. The molecule has 7 heteroatoms. The minimum absolute atomic E-state index is 0.326. The van der Waals surface area contributed by atoms with Crippen LogP contribution in [0.1, 0.15) is 22.8 Å². The van der Waals surface area contributed by atoms with E-state index in [1.807, 2.05) is 6.92 Å². The number of carbonyl (C=O) groups excluding carboxylic acids is 1. The molecule has 0 saturated heterocycles. The highest BCUT2D eigenvalue weighted by atomic mass is 35.5. The van der Waals surface area contributed by atoms with E-state index in [9.17, 15) is 4.79 Å². The van der Waals surface area contributed by atoms with Crippen molar-refractivity contribution in [3.8, 4) is 11.5 Å². The third-order valence-electron chi connectivity index (χ3n) is 2.86. The van der Waals surface area contributed by atoms with Crippen LogP contribution in [-0.4, -0.2) is 30.8 Å². The molecule has 1 aromatic heterocycles. The fourth-order valence-electron chi connectivity index (χ4n) is 1.86. The molecule has 2 aromatic rings. The second-order valence-electron chi connectivity index (χ2n) is 4.40. The smallest absolute Gasteiger partial charge is 0.271 e. The number of nitrogens with zero attached hydrogens (tertiary/aromatic N) is 2. The Hall–Kier alpha value is -2.60. The van der Waals surface area contributed by atoms with Crippen LogP contribution in [0.3, 0.4) is 0 Å². The first kappa shape index (κ1) is 16.8. The van der Waals surface area contributed by atoms with Gasteiger partial charge in [0.05, 0.1) is 25.0 Å². The van der Waals surface area contributed by atoms with Gasteiger partial charge in [-0.05, 0) is 36.8 Å². The molecule has 0 saturated carbocycles. The van der Waals surface area contributed by atoms with Crippen LogP contribution in [0.25, 0.3) is 0 Å². The van der Waals surface area contributed by atoms with Gasteiger partial charge in [0.25, 0.3) is 5.91 Å². The molecule has 0 spiro atoms. The summed E-state index contributed by atoms with van der Waals surface area (Å²) in [6.45, 7) is 2.34. The molecule has 0 aliphatic rings. The van der Waals surface area contributed by atoms with E-state index in [4.69, 9.17) is 21.1 Å². The van der Waals surface area contributed by atoms with Crippen LogP contribution in [0.15, 0.2) is 41.8 Å². The second-order valence-corrected chi connectivity index (χ2v) is 4.81. The van der Waals surface area contributed by atoms with Gasteiger partial charge in [0, 0.05) is 18.0 Å². The van der Waals surface area contributed by atoms with Gasteiger partial charge >= 0.3 is 0 Å². The Labute approximate surface area is 139 Å². The number of ether oxygens (including phenoxy) is 2. The van der Waals surface area contributed by atoms with Crippen LogP contribution in [0.5, 0.6) is 11.5 Å². The van der Waals surface area contributed by atoms with Crippen molar-refractivity contribution < 1.29 is 14.3 Å². The molecule has 1 heterocycles. The number of nitrogens with one attached hydrogen (secondary N) is 1. The van der Waals surface area contributed by atoms with Crippen molar-refractivity contribution in [1.29, 1.82) is 0 Å². The zero-order chi connectivity index (χ0) is 16.7. The summed E-state index contributed by atoms with van der Waals surface area (Å²) in [6, 6.07) is 6.60. The summed E-state index contributed by atoms with van der Waals surface area (Å²) < 4.78 is 10.7. The number of methoxy groups -OCH3 is 1. The number of aromatic nitrogens is 1. The first-order valence-electron chi connectivity index (χ1n) is 6.89. The van der Waals surface area contributed by atoms with Gasteiger partial charge in [-0.1, -0.05) is 11.6 Å². The lowest BCUT2D eigenvalue weighted by molar-refractivity contribution is 0.0955. The van der Waals surface area contributed by atoms with Gasteiger partial charge in [-0.25, -0.2) is 5.43 Å². The lowest BCUT2D eigenvalue weighted by Crippen LogP contribution is -2.17. The SMILES string of the molecule is CCOc1cc(/C=N\NC(=O)c2ccncc2)cc(Cl)c1OC. The quantitative estimate of drug-likeness (QED) is 0.651. The topological polar surface area (TPSA) is 72.8 Å². The highest BCUT2D eigenvalue weighted by Gasteiger charge is 2.10. The number of hydrazone groups is 1. The molecule has 120 valence electrons. The summed E-state index contributed by atoms with van der Waals surface area (Å²) in [6.07, 6.45) is 4.55. The van der Waals surface area contributed by atoms with Crippen molar-refractivity contribution in [2.24, 2.45) is 5.10 Å². The molecular weight excluding hydrogens is 318 g/mol. The van der Waals surface area contributed by atoms with Gasteiger partial charge in [-0.2, -0.15) is 5.10 Å². The zero-order valence-corrected chi connectivity index (χ0v) is 13.5. The number of rotatable bonds is 6. The van der Waals surface area contributed by atoms with Crippen molar-refractivity contribution in [1.82, 2.24) is 10.4 Å². The monoisotopic (exact) mass is 333 g/mol. The van der Waals surface area contributed by atoms with E-state index in [2.05, 4.69) is 15.5 Å². The molecule has 0 bridgehead atoms. The third-order valence-corrected chi connectivity index (χ3v) is 3.14. The Bertz CT molecular complexity index is 705. The Morgan fingerprint density at radius 2 is 2.13 bits per heavy atom. The Morgan fingerprint density at radius 3 is 2.78 bits per heavy atom. The van der Waals surface area contributed by atoms with Crippen LogP contribution in [0, 0.1) is 0 Å². The van der Waals surface area contributed by atoms with Gasteiger partial charge in [-0.15, -0.1) is 0 Å². The van der Waals surface area contributed by atoms with Crippen molar-refractivity contribution >= 4 is 23.7 Å². The van der Waals surface area contributed by atoms with E-state index in [-0.39, 0.29) is 5.91 Å². The van der Waals surface area contributed by atoms with Gasteiger partial charge in [0.15, 0.2) is 11.5 Å². The molecule has 1 amide bonds. The number of carbonyl (C=O) groups is 1. The van der Waals surface area contributed by atoms with Crippen LogP contribution < -0.4 is 14.9 Å². The highest BCUT2D eigenvalue weighted by Crippen LogP contribution is 2.35. The van der Waals surface area contributed by atoms with E-state index in [0.29, 0.717) is 34.3 Å². The third kappa shape index (κ3) is 4.43. The summed E-state index contributed by atoms with van der Waals surface area (Å²) in [5, 5.41) is 4.32. The molecule has 0 unspecified atom stereocenters. The van der Waals surface area contributed by atoms with Gasteiger partial charge in [0.2, 0.25) is 0 Å². The second kappa shape index (κ2) is 8.14. The van der Waals surface area contributed by atoms with Gasteiger partial charge < -0.3 is 9.47 Å². The number of hydrogen-bond acceptors (Lipinski definition) is 5. The summed E-state index contributed by atoms with van der Waals surface area (Å²) in [4.78, 5) is 15.7. The molecule has 23 heavy (non-hydrogen) atoms. The normalized spacial score (nSPS) is 10.6. The molecular formula is C16H16ClN3O3. The van der Waals surface area contributed by atoms with Crippen LogP contribution in [-0.2, 0) is 0 Å². The number of amides is 1. The Balaban J connectivity index is 2.12. The van der Waals surface area contributed by atoms with Crippen LogP contribution in [0.4, 0.5) is 0 Å². The van der Waals surface area contributed by atoms with Crippen LogP contribution in [0.2, 0.25) is 5.02 Å². The maximum absolute atomic E-state index is 11.8. The minimum Gasteiger partial charge on any atom is -0.491 e. The Morgan fingerprint density at radius 1 is 1.39 bits per heavy atom. The summed E-state index contributed by atoms with van der Waals surface area (Å²) in [5.41, 5.74) is 3.58. The lowest BCUT2D eigenvalue weighted by Gasteiger charge is -2.11. The first-order valence-corrected chi connectivity index (χ1v) is 7.27. The largest absolute Gasteiger partial charge is 0.491 e. The number of benzene rings is 1. The van der Waals surface area contributed by atoms with Crippen molar-refractivity contribution in [3.05, 3.63) is 52.8 Å². The van der Waals surface area contributed by atoms with E-state index < -0.39 is 0 Å². The summed E-state index contributed by atoms with van der Waals surface area (Å²) in [5.74, 6) is 0.657. The fraction of sp³-hybridized carbons (Fsp3) is 0.188. The summed E-state index contributed by atoms with van der Waals surface area (Å²) in [7, 11) is 1.52. The van der Waals surface area contributed by atoms with E-state index in [1.54, 1.807) is 24.3 Å². The lowest BCUT2D eigenvalue weighted by atomic mass is 10.2. The summed E-state index contributed by atoms with van der Waals surface area (Å²) >= 11 is 6.15. The number of pyridine rings is 1. The van der Waals surface area contributed by atoms with E-state index in [1.165, 1.54) is 25.7 Å². The average Bonchev–Trinajstić information content (AvgIpc) is 2.56. The molecule has 0 aliphatic carbocycles. The molecule has 6 nitrogen and oxygen atoms in total. The predicted octanol–water partition coefficient (Wildman–Crippen LogP) is 2.91. The molecule has 1 aromatic carbocycles. The number of halogens is 1. The van der Waals surface area contributed by atoms with Crippen molar-refractivity contribution in [2.45, 2.75) is 6.92 Å². The van der Waals surface area contributed by atoms with Crippen LogP contribution >= 0.6 is 11.6 Å². The predicted molar refractivity (Wildman–Crippen MR) is 88.5 cm³/mol. The molecule has 2 rings (SSSR count). The fourth-order valence-corrected chi connectivity index (χ4v) is 2.15. The zero-order valence-electron chi connectivity index (χ0n) is 12.7. The molecule has 0 fully saturated rings. The van der Waals surface area contributed by atoms with E-state index in [0.717, 1.165) is 0 Å². The molecule has 0 aliphatic heterocycles. The van der Waals surface area contributed by atoms with Gasteiger partial charge in [0.1, 0.15) is 0 Å². The van der Waals surface area contributed by atoms with Gasteiger partial charge in [-0.3, -0.25) is 9.78 Å². The molecule has 1 N–H and O–H groups in total. The molecule has 0 radical (unpaired) electrons. The average molecular weight is 334 g/mol. The maximum atomic E-state index is 11.8. The van der Waals surface area contributed by atoms with Crippen molar-refractivity contribution in [3.63, 3.8) is 0 Å². The minimum atomic E-state index is -0.326. The standard InChI is InChI=1S/C16H16ClN3O3/c1-3-23-14-9-11(8-13(17)15(14)22-2)10-19-20-16(21)12-4-6-18-7-5-12/h4-10H,3H2,1-2H3,(H,20,21)/b19-10-. The Kier molecular flexibility index (Phi) is 5.94. The highest BCUT2D eigenvalue weighted by molar-refractivity contribution is 6.32. The van der Waals surface area contributed by atoms with E-state index >= 15 is 0 Å². The first-order chi connectivity index (χ1) is 11.2. The maximum Gasteiger partial charge on any atom is 0.271 e. The number of hydrogen-bond donors (Lipinski definition) is 1.